The molecular formula is C21H30N4O2S. The number of carbonyl (C=O) groups is 2. The second kappa shape index (κ2) is 8.47. The molecule has 2 heterocycles. The highest BCUT2D eigenvalue weighted by atomic mass is 32.1. The first-order valence-electron chi connectivity index (χ1n) is 9.92. The molecule has 0 aliphatic heterocycles. The first-order chi connectivity index (χ1) is 13.2. The zero-order valence-corrected chi connectivity index (χ0v) is 17.9. The summed E-state index contributed by atoms with van der Waals surface area (Å²) in [6.07, 6.45) is 4.80. The Kier molecular flexibility index (Phi) is 6.23. The molecule has 1 aliphatic rings. The third kappa shape index (κ3) is 5.22. The fourth-order valence-corrected chi connectivity index (χ4v) is 4.71. The number of anilines is 1. The van der Waals surface area contributed by atoms with Gasteiger partial charge in [-0.3, -0.25) is 14.7 Å². The van der Waals surface area contributed by atoms with E-state index in [1.54, 1.807) is 6.07 Å². The van der Waals surface area contributed by atoms with Crippen LogP contribution in [0.5, 0.6) is 0 Å². The lowest BCUT2D eigenvalue weighted by Crippen LogP contribution is -2.25. The normalized spacial score (nSPS) is 20.0. The summed E-state index contributed by atoms with van der Waals surface area (Å²) in [5, 5.41) is 13.0. The molecule has 7 heteroatoms. The van der Waals surface area contributed by atoms with E-state index < -0.39 is 0 Å². The smallest absolute Gasteiger partial charge is 0.266 e. The highest BCUT2D eigenvalue weighted by Crippen LogP contribution is 2.43. The van der Waals surface area contributed by atoms with Crippen molar-refractivity contribution in [2.45, 2.75) is 65.8 Å². The molecule has 1 saturated carbocycles. The van der Waals surface area contributed by atoms with Crippen LogP contribution in [-0.2, 0) is 11.3 Å². The van der Waals surface area contributed by atoms with Crippen LogP contribution in [0.1, 0.15) is 79.5 Å². The van der Waals surface area contributed by atoms with Crippen LogP contribution in [0.15, 0.2) is 18.2 Å². The summed E-state index contributed by atoms with van der Waals surface area (Å²) in [7, 11) is 0. The summed E-state index contributed by atoms with van der Waals surface area (Å²) in [5.74, 6) is 1.57. The number of nitrogens with one attached hydrogen (secondary N) is 3. The van der Waals surface area contributed by atoms with Gasteiger partial charge in [-0.2, -0.15) is 5.10 Å². The number of hydrogen-bond donors (Lipinski definition) is 3. The number of aromatic amines is 1. The molecule has 0 saturated heterocycles. The van der Waals surface area contributed by atoms with Crippen LogP contribution < -0.4 is 10.6 Å². The molecule has 6 nitrogen and oxygen atoms in total. The molecule has 0 radical (unpaired) electrons. The van der Waals surface area contributed by atoms with Crippen molar-refractivity contribution in [3.63, 3.8) is 0 Å². The van der Waals surface area contributed by atoms with Crippen LogP contribution in [0, 0.1) is 11.3 Å². The maximum absolute atomic E-state index is 12.5. The van der Waals surface area contributed by atoms with Gasteiger partial charge in [0.05, 0.1) is 11.4 Å². The van der Waals surface area contributed by atoms with E-state index in [0.29, 0.717) is 28.6 Å². The quantitative estimate of drug-likeness (QED) is 0.679. The van der Waals surface area contributed by atoms with Gasteiger partial charge in [0.2, 0.25) is 5.91 Å². The number of amides is 2. The fourth-order valence-electron chi connectivity index (χ4n) is 3.86. The molecule has 2 aromatic heterocycles. The lowest BCUT2D eigenvalue weighted by molar-refractivity contribution is -0.119. The van der Waals surface area contributed by atoms with E-state index in [1.165, 1.54) is 31.1 Å². The Bertz CT molecular complexity index is 826. The van der Waals surface area contributed by atoms with E-state index in [2.05, 4.69) is 41.6 Å². The minimum absolute atomic E-state index is 0.0833. The average molecular weight is 403 g/mol. The van der Waals surface area contributed by atoms with Gasteiger partial charge in [-0.25, -0.2) is 0 Å². The van der Waals surface area contributed by atoms with Crippen LogP contribution >= 0.6 is 11.3 Å². The maximum Gasteiger partial charge on any atom is 0.266 e. The molecule has 152 valence electrons. The zero-order chi connectivity index (χ0) is 20.3. The van der Waals surface area contributed by atoms with Crippen LogP contribution in [0.4, 0.5) is 5.82 Å². The highest BCUT2D eigenvalue weighted by Gasteiger charge is 2.30. The summed E-state index contributed by atoms with van der Waals surface area (Å²) >= 11 is 1.37. The van der Waals surface area contributed by atoms with Crippen molar-refractivity contribution in [2.24, 2.45) is 11.3 Å². The molecule has 3 rings (SSSR count). The molecule has 0 spiro atoms. The Morgan fingerprint density at radius 3 is 2.57 bits per heavy atom. The van der Waals surface area contributed by atoms with Gasteiger partial charge in [-0.1, -0.05) is 20.8 Å². The van der Waals surface area contributed by atoms with E-state index in [1.807, 2.05) is 12.1 Å². The molecule has 1 aliphatic carbocycles. The monoisotopic (exact) mass is 402 g/mol. The second-order valence-corrected chi connectivity index (χ2v) is 9.92. The van der Waals surface area contributed by atoms with Crippen LogP contribution in [0.2, 0.25) is 0 Å². The molecule has 2 aromatic rings. The Morgan fingerprint density at radius 2 is 1.93 bits per heavy atom. The van der Waals surface area contributed by atoms with Crippen molar-refractivity contribution in [1.82, 2.24) is 15.5 Å². The van der Waals surface area contributed by atoms with Crippen LogP contribution in [0.25, 0.3) is 0 Å². The summed E-state index contributed by atoms with van der Waals surface area (Å²) in [5.41, 5.74) is 1.48. The van der Waals surface area contributed by atoms with Crippen molar-refractivity contribution in [3.8, 4) is 0 Å². The summed E-state index contributed by atoms with van der Waals surface area (Å²) < 4.78 is 0. The Labute approximate surface area is 170 Å². The van der Waals surface area contributed by atoms with Crippen molar-refractivity contribution in [1.29, 1.82) is 0 Å². The van der Waals surface area contributed by atoms with E-state index >= 15 is 0 Å². The van der Waals surface area contributed by atoms with E-state index in [4.69, 9.17) is 0 Å². The van der Waals surface area contributed by atoms with Gasteiger partial charge < -0.3 is 10.6 Å². The number of H-pyrrole nitrogens is 1. The third-order valence-electron chi connectivity index (χ3n) is 5.63. The van der Waals surface area contributed by atoms with Crippen LogP contribution in [-0.4, -0.2) is 22.0 Å². The SMILES string of the molecule is CC(=O)NCc1ccc(C(=O)Nc2cc(C3CCC(C(C)(C)C)CC3)[nH]n2)s1. The van der Waals surface area contributed by atoms with Gasteiger partial charge >= 0.3 is 0 Å². The molecule has 28 heavy (non-hydrogen) atoms. The highest BCUT2D eigenvalue weighted by molar-refractivity contribution is 7.14. The Balaban J connectivity index is 1.55. The van der Waals surface area contributed by atoms with Crippen molar-refractivity contribution >= 4 is 29.0 Å². The van der Waals surface area contributed by atoms with Gasteiger partial charge in [0.25, 0.3) is 5.91 Å². The number of aromatic nitrogens is 2. The van der Waals surface area contributed by atoms with Crippen LogP contribution in [0.3, 0.4) is 0 Å². The van der Waals surface area contributed by atoms with Gasteiger partial charge in [-0.05, 0) is 49.1 Å². The van der Waals surface area contributed by atoms with E-state index in [9.17, 15) is 9.59 Å². The lowest BCUT2D eigenvalue weighted by Gasteiger charge is -2.36. The van der Waals surface area contributed by atoms with Gasteiger partial charge in [-0.15, -0.1) is 11.3 Å². The molecular weight excluding hydrogens is 372 g/mol. The second-order valence-electron chi connectivity index (χ2n) is 8.75. The molecule has 0 atom stereocenters. The Hall–Kier alpha value is -2.15. The standard InChI is InChI=1S/C21H30N4O2S/c1-13(26)22-12-16-9-10-18(28-16)20(27)23-19-11-17(24-25-19)14-5-7-15(8-6-14)21(2,3)4/h9-11,14-15H,5-8,12H2,1-4H3,(H,22,26)(H2,23,24,25,27). The number of hydrogen-bond acceptors (Lipinski definition) is 4. The van der Waals surface area contributed by atoms with E-state index in [-0.39, 0.29) is 11.8 Å². The largest absolute Gasteiger partial charge is 0.351 e. The topological polar surface area (TPSA) is 86.9 Å². The average Bonchev–Trinajstić information content (AvgIpc) is 3.29. The molecule has 1 fully saturated rings. The molecule has 2 amide bonds. The van der Waals surface area contributed by atoms with E-state index in [0.717, 1.165) is 29.3 Å². The zero-order valence-electron chi connectivity index (χ0n) is 17.1. The van der Waals surface area contributed by atoms with Gasteiger partial charge in [0, 0.05) is 29.5 Å². The third-order valence-corrected chi connectivity index (χ3v) is 6.71. The lowest BCUT2D eigenvalue weighted by atomic mass is 9.69. The summed E-state index contributed by atoms with van der Waals surface area (Å²) in [4.78, 5) is 25.0. The minimum atomic E-state index is -0.173. The van der Waals surface area contributed by atoms with Gasteiger partial charge in [0.15, 0.2) is 5.82 Å². The molecule has 0 unspecified atom stereocenters. The first kappa shape index (κ1) is 20.6. The summed E-state index contributed by atoms with van der Waals surface area (Å²) in [6.45, 7) is 8.90. The number of rotatable bonds is 5. The fraction of sp³-hybridized carbons (Fsp3) is 0.571. The number of thiophene rings is 1. The maximum atomic E-state index is 12.5. The summed E-state index contributed by atoms with van der Waals surface area (Å²) in [6, 6.07) is 5.60. The number of nitrogens with zero attached hydrogens (tertiary/aromatic N) is 1. The predicted octanol–water partition coefficient (Wildman–Crippen LogP) is 4.68. The molecule has 0 aromatic carbocycles. The number of carbonyl (C=O) groups excluding carboxylic acids is 2. The van der Waals surface area contributed by atoms with Crippen molar-refractivity contribution in [2.75, 3.05) is 5.32 Å². The minimum Gasteiger partial charge on any atom is -0.351 e. The van der Waals surface area contributed by atoms with Gasteiger partial charge in [0.1, 0.15) is 0 Å². The van der Waals surface area contributed by atoms with Crippen molar-refractivity contribution < 1.29 is 9.59 Å². The Morgan fingerprint density at radius 1 is 1.21 bits per heavy atom. The first-order valence-corrected chi connectivity index (χ1v) is 10.7. The molecule has 3 N–H and O–H groups in total. The molecule has 0 bridgehead atoms. The van der Waals surface area contributed by atoms with Crippen molar-refractivity contribution in [3.05, 3.63) is 33.6 Å². The predicted molar refractivity (Wildman–Crippen MR) is 113 cm³/mol.